The topological polar surface area (TPSA) is 175 Å². The number of carbonyl (C=O) groups excluding carboxylic acids is 6. The third-order valence-corrected chi connectivity index (χ3v) is 9.48. The van der Waals surface area contributed by atoms with E-state index in [1.807, 2.05) is 44.2 Å². The number of hydrogen-bond donors (Lipinski definition) is 3. The zero-order valence-electron chi connectivity index (χ0n) is 35.0. The number of benzene rings is 4. The van der Waals surface area contributed by atoms with E-state index >= 15 is 0 Å². The van der Waals surface area contributed by atoms with Gasteiger partial charge in [-0.1, -0.05) is 143 Å². The lowest BCUT2D eigenvalue weighted by atomic mass is 10.0. The molecule has 0 aliphatic rings. The second kappa shape index (κ2) is 26.6. The van der Waals surface area contributed by atoms with Crippen molar-refractivity contribution in [2.75, 3.05) is 6.54 Å². The van der Waals surface area contributed by atoms with E-state index in [2.05, 4.69) is 16.0 Å². The van der Waals surface area contributed by atoms with Crippen molar-refractivity contribution >= 4 is 35.6 Å². The van der Waals surface area contributed by atoms with Crippen LogP contribution >= 0.6 is 0 Å². The highest BCUT2D eigenvalue weighted by molar-refractivity contribution is 5.98. The highest BCUT2D eigenvalue weighted by atomic mass is 16.6. The van der Waals surface area contributed by atoms with Crippen molar-refractivity contribution in [1.29, 1.82) is 0 Å². The van der Waals surface area contributed by atoms with Crippen molar-refractivity contribution in [3.8, 4) is 5.75 Å². The van der Waals surface area contributed by atoms with Gasteiger partial charge >= 0.3 is 17.9 Å². The number of nitrogens with one attached hydrogen (secondary N) is 3. The number of esters is 3. The molecule has 4 aromatic carbocycles. The molecule has 324 valence electrons. The normalized spacial score (nSPS) is 11.7. The molecular weight excluding hydrogens is 779 g/mol. The molecule has 2 atom stereocenters. The molecular formula is C48H57N3O10. The fraction of sp³-hybridized carbons (Fsp3) is 0.375. The van der Waals surface area contributed by atoms with Crippen LogP contribution in [-0.4, -0.2) is 60.4 Å². The van der Waals surface area contributed by atoms with Gasteiger partial charge in [-0.2, -0.15) is 0 Å². The molecule has 0 saturated heterocycles. The average Bonchev–Trinajstić information content (AvgIpc) is 3.28. The Hall–Kier alpha value is -6.50. The SMILES string of the molecule is CCCCCNC(=O)[C@H](Cc1ccc(OC(C(=O)OCc2ccccc2)C(=O)OCc2ccccc2)cc1)NC(=O)[C@H](CC(=O)OCc1ccccc1)NC(=O)CCCCC. The van der Waals surface area contributed by atoms with Gasteiger partial charge in [0.15, 0.2) is 0 Å². The average molecular weight is 836 g/mol. The molecule has 0 saturated carbocycles. The van der Waals surface area contributed by atoms with E-state index < -0.39 is 60.2 Å². The van der Waals surface area contributed by atoms with Gasteiger partial charge in [0.05, 0.1) is 6.42 Å². The smallest absolute Gasteiger partial charge is 0.359 e. The molecule has 13 heteroatoms. The van der Waals surface area contributed by atoms with Crippen LogP contribution in [0.4, 0.5) is 0 Å². The zero-order valence-corrected chi connectivity index (χ0v) is 35.0. The van der Waals surface area contributed by atoms with E-state index in [1.54, 1.807) is 72.8 Å². The Morgan fingerprint density at radius 2 is 1.03 bits per heavy atom. The number of carbonyl (C=O) groups is 6. The molecule has 3 N–H and O–H groups in total. The molecule has 4 rings (SSSR count). The van der Waals surface area contributed by atoms with Gasteiger partial charge < -0.3 is 34.9 Å². The molecule has 0 spiro atoms. The van der Waals surface area contributed by atoms with Gasteiger partial charge in [-0.15, -0.1) is 0 Å². The molecule has 4 aromatic rings. The molecule has 0 aliphatic heterocycles. The molecule has 3 amide bonds. The summed E-state index contributed by atoms with van der Waals surface area (Å²) in [5.41, 5.74) is 2.80. The van der Waals surface area contributed by atoms with Crippen molar-refractivity contribution in [2.24, 2.45) is 0 Å². The van der Waals surface area contributed by atoms with E-state index in [0.29, 0.717) is 18.5 Å². The Morgan fingerprint density at radius 3 is 1.56 bits per heavy atom. The summed E-state index contributed by atoms with van der Waals surface area (Å²) in [6.07, 6.45) is 2.91. The van der Waals surface area contributed by atoms with Crippen molar-refractivity contribution in [3.05, 3.63) is 138 Å². The lowest BCUT2D eigenvalue weighted by molar-refractivity contribution is -0.168. The van der Waals surface area contributed by atoms with Crippen LogP contribution in [0.1, 0.15) is 87.5 Å². The van der Waals surface area contributed by atoms with Crippen molar-refractivity contribution < 1.29 is 47.7 Å². The first kappa shape index (κ1) is 47.2. The minimum Gasteiger partial charge on any atom is -0.467 e. The summed E-state index contributed by atoms with van der Waals surface area (Å²) in [5, 5.41) is 8.33. The van der Waals surface area contributed by atoms with Gasteiger partial charge in [-0.3, -0.25) is 19.2 Å². The van der Waals surface area contributed by atoms with Crippen LogP contribution in [0.5, 0.6) is 5.75 Å². The molecule has 0 fully saturated rings. The number of hydrogen-bond acceptors (Lipinski definition) is 10. The van der Waals surface area contributed by atoms with Crippen LogP contribution in [0.15, 0.2) is 115 Å². The maximum atomic E-state index is 13.9. The Labute approximate surface area is 357 Å². The first-order chi connectivity index (χ1) is 29.6. The third kappa shape index (κ3) is 17.7. The fourth-order valence-electron chi connectivity index (χ4n) is 6.04. The lowest BCUT2D eigenvalue weighted by Gasteiger charge is -2.23. The van der Waals surface area contributed by atoms with Gasteiger partial charge in [0.25, 0.3) is 6.10 Å². The summed E-state index contributed by atoms with van der Waals surface area (Å²) in [7, 11) is 0. The number of rotatable bonds is 26. The van der Waals surface area contributed by atoms with Gasteiger partial charge in [-0.05, 0) is 47.2 Å². The third-order valence-electron chi connectivity index (χ3n) is 9.48. The predicted molar refractivity (Wildman–Crippen MR) is 228 cm³/mol. The molecule has 13 nitrogen and oxygen atoms in total. The van der Waals surface area contributed by atoms with Crippen LogP contribution in [0.3, 0.4) is 0 Å². The van der Waals surface area contributed by atoms with Crippen molar-refractivity contribution in [1.82, 2.24) is 16.0 Å². The second-order valence-corrected chi connectivity index (χ2v) is 14.5. The van der Waals surface area contributed by atoms with Gasteiger partial charge in [0.1, 0.15) is 37.7 Å². The molecule has 0 aromatic heterocycles. The summed E-state index contributed by atoms with van der Waals surface area (Å²) in [5.74, 6) is -4.00. The maximum Gasteiger partial charge on any atom is 0.359 e. The maximum absolute atomic E-state index is 13.9. The summed E-state index contributed by atoms with van der Waals surface area (Å²) >= 11 is 0. The quantitative estimate of drug-likeness (QED) is 0.0276. The highest BCUT2D eigenvalue weighted by Gasteiger charge is 2.33. The van der Waals surface area contributed by atoms with Crippen LogP contribution in [0.2, 0.25) is 0 Å². The summed E-state index contributed by atoms with van der Waals surface area (Å²) < 4.78 is 22.2. The van der Waals surface area contributed by atoms with E-state index in [4.69, 9.17) is 18.9 Å². The van der Waals surface area contributed by atoms with Gasteiger partial charge in [0.2, 0.25) is 17.7 Å². The van der Waals surface area contributed by atoms with Crippen LogP contribution < -0.4 is 20.7 Å². The first-order valence-corrected chi connectivity index (χ1v) is 20.9. The van der Waals surface area contributed by atoms with E-state index in [-0.39, 0.29) is 38.4 Å². The van der Waals surface area contributed by atoms with Gasteiger partial charge in [0, 0.05) is 19.4 Å². The van der Waals surface area contributed by atoms with Crippen LogP contribution in [0, 0.1) is 0 Å². The van der Waals surface area contributed by atoms with Crippen molar-refractivity contribution in [2.45, 2.75) is 110 Å². The predicted octanol–water partition coefficient (Wildman–Crippen LogP) is 6.45. The number of unbranched alkanes of at least 4 members (excludes halogenated alkanes) is 4. The molecule has 61 heavy (non-hydrogen) atoms. The van der Waals surface area contributed by atoms with E-state index in [0.717, 1.165) is 48.8 Å². The summed E-state index contributed by atoms with van der Waals surface area (Å²) in [4.78, 5) is 79.9. The lowest BCUT2D eigenvalue weighted by Crippen LogP contribution is -2.55. The minimum atomic E-state index is -1.74. The number of ether oxygens (including phenoxy) is 4. The minimum absolute atomic E-state index is 0.00848. The highest BCUT2D eigenvalue weighted by Crippen LogP contribution is 2.18. The molecule has 0 heterocycles. The fourth-order valence-corrected chi connectivity index (χ4v) is 6.04. The van der Waals surface area contributed by atoms with E-state index in [9.17, 15) is 28.8 Å². The second-order valence-electron chi connectivity index (χ2n) is 14.5. The Bertz CT molecular complexity index is 1900. The number of amides is 3. The molecule has 0 aliphatic carbocycles. The van der Waals surface area contributed by atoms with Crippen LogP contribution in [-0.2, 0) is 69.2 Å². The summed E-state index contributed by atoms with van der Waals surface area (Å²) in [6, 6.07) is 31.0. The largest absolute Gasteiger partial charge is 0.467 e. The monoisotopic (exact) mass is 835 g/mol. The molecule has 0 bridgehead atoms. The Balaban J connectivity index is 1.49. The molecule has 0 radical (unpaired) electrons. The van der Waals surface area contributed by atoms with Crippen LogP contribution in [0.25, 0.3) is 0 Å². The zero-order chi connectivity index (χ0) is 43.7. The van der Waals surface area contributed by atoms with Gasteiger partial charge in [-0.25, -0.2) is 9.59 Å². The Kier molecular flexibility index (Phi) is 20.5. The standard InChI is InChI=1S/C48H57N3O10/c1-3-5-10-24-42(52)50-41(31-43(53)58-32-36-18-11-7-12-19-36)46(55)51-40(45(54)49-29-17-6-4-2)30-35-25-27-39(28-26-35)61-44(47(56)59-33-37-20-13-8-14-21-37)48(57)60-34-38-22-15-9-16-23-38/h7-9,11-16,18-23,25-28,40-41,44H,3-6,10,17,24,29-34H2,1-2H3,(H,49,54)(H,50,52)(H,51,55)/t40-,41-/m0/s1. The van der Waals surface area contributed by atoms with Crippen molar-refractivity contribution in [3.63, 3.8) is 0 Å². The summed E-state index contributed by atoms with van der Waals surface area (Å²) in [6.45, 7) is 4.26. The molecule has 0 unspecified atom stereocenters. The Morgan fingerprint density at radius 1 is 0.525 bits per heavy atom. The first-order valence-electron chi connectivity index (χ1n) is 20.9. The van der Waals surface area contributed by atoms with E-state index in [1.165, 1.54) is 12.1 Å².